The van der Waals surface area contributed by atoms with Crippen LogP contribution in [0, 0.1) is 18.8 Å². The van der Waals surface area contributed by atoms with Crippen molar-refractivity contribution in [1.82, 2.24) is 4.98 Å². The maximum atomic E-state index is 6.08. The van der Waals surface area contributed by atoms with Gasteiger partial charge in [-0.2, -0.15) is 0 Å². The third kappa shape index (κ3) is 2.04. The maximum absolute atomic E-state index is 6.08. The lowest BCUT2D eigenvalue weighted by molar-refractivity contribution is 0.271. The Bertz CT molecular complexity index is 404. The molecule has 2 aliphatic rings. The van der Waals surface area contributed by atoms with Crippen LogP contribution in [0.2, 0.25) is 0 Å². The number of fused-ring (bicyclic) bond motifs is 1. The SMILES string of the molecule is Cc1cnccc1N1C[C@H]2CCC(N)C[C@H]2C1. The molecule has 1 saturated carbocycles. The number of pyridine rings is 1. The number of aryl methyl sites for hydroxylation is 1. The quantitative estimate of drug-likeness (QED) is 0.803. The van der Waals surface area contributed by atoms with E-state index < -0.39 is 0 Å². The van der Waals surface area contributed by atoms with Gasteiger partial charge in [0.2, 0.25) is 0 Å². The van der Waals surface area contributed by atoms with E-state index in [4.69, 9.17) is 5.73 Å². The molecule has 2 heterocycles. The predicted octanol–water partition coefficient (Wildman–Crippen LogP) is 1.95. The molecule has 0 amide bonds. The Morgan fingerprint density at radius 2 is 2.12 bits per heavy atom. The first kappa shape index (κ1) is 11.0. The fourth-order valence-corrected chi connectivity index (χ4v) is 3.49. The Hall–Kier alpha value is -1.09. The molecule has 3 nitrogen and oxygen atoms in total. The van der Waals surface area contributed by atoms with Gasteiger partial charge in [0.25, 0.3) is 0 Å². The highest BCUT2D eigenvalue weighted by Gasteiger charge is 2.36. The van der Waals surface area contributed by atoms with Gasteiger partial charge in [0.15, 0.2) is 0 Å². The Kier molecular flexibility index (Phi) is 2.79. The van der Waals surface area contributed by atoms with Gasteiger partial charge in [-0.25, -0.2) is 0 Å². The van der Waals surface area contributed by atoms with Crippen LogP contribution >= 0.6 is 0 Å². The lowest BCUT2D eigenvalue weighted by atomic mass is 9.79. The zero-order chi connectivity index (χ0) is 11.8. The van der Waals surface area contributed by atoms with E-state index in [-0.39, 0.29) is 0 Å². The number of aromatic nitrogens is 1. The maximum Gasteiger partial charge on any atom is 0.0427 e. The standard InChI is InChI=1S/C14H21N3/c1-10-7-16-5-4-14(10)17-8-11-2-3-13(15)6-12(11)9-17/h4-5,7,11-13H,2-3,6,8-9,15H2,1H3/t11-,12+,13?/m1/s1. The van der Waals surface area contributed by atoms with E-state index in [9.17, 15) is 0 Å². The van der Waals surface area contributed by atoms with Gasteiger partial charge >= 0.3 is 0 Å². The highest BCUT2D eigenvalue weighted by molar-refractivity contribution is 5.52. The Morgan fingerprint density at radius 3 is 2.94 bits per heavy atom. The highest BCUT2D eigenvalue weighted by Crippen LogP contribution is 2.38. The zero-order valence-corrected chi connectivity index (χ0v) is 10.5. The van der Waals surface area contributed by atoms with Crippen LogP contribution in [0.1, 0.15) is 24.8 Å². The number of hydrogen-bond acceptors (Lipinski definition) is 3. The van der Waals surface area contributed by atoms with Gasteiger partial charge in [0, 0.05) is 37.2 Å². The van der Waals surface area contributed by atoms with Crippen molar-refractivity contribution in [1.29, 1.82) is 0 Å². The van der Waals surface area contributed by atoms with Crippen LogP contribution < -0.4 is 10.6 Å². The van der Waals surface area contributed by atoms with Crippen LogP contribution in [0.3, 0.4) is 0 Å². The van der Waals surface area contributed by atoms with E-state index in [2.05, 4.69) is 22.9 Å². The predicted molar refractivity (Wildman–Crippen MR) is 70.0 cm³/mol. The van der Waals surface area contributed by atoms with Crippen molar-refractivity contribution < 1.29 is 0 Å². The Balaban J connectivity index is 1.78. The van der Waals surface area contributed by atoms with Gasteiger partial charge in [-0.05, 0) is 49.7 Å². The number of hydrogen-bond donors (Lipinski definition) is 1. The number of rotatable bonds is 1. The van der Waals surface area contributed by atoms with Crippen molar-refractivity contribution in [3.05, 3.63) is 24.0 Å². The van der Waals surface area contributed by atoms with Crippen molar-refractivity contribution in [2.75, 3.05) is 18.0 Å². The third-order valence-electron chi connectivity index (χ3n) is 4.42. The van der Waals surface area contributed by atoms with E-state index in [0.717, 1.165) is 11.8 Å². The van der Waals surface area contributed by atoms with Crippen LogP contribution in [0.5, 0.6) is 0 Å². The molecule has 1 aromatic rings. The molecule has 3 rings (SSSR count). The summed E-state index contributed by atoms with van der Waals surface area (Å²) in [6.45, 7) is 4.54. The summed E-state index contributed by atoms with van der Waals surface area (Å²) in [7, 11) is 0. The summed E-state index contributed by atoms with van der Waals surface area (Å²) >= 11 is 0. The Morgan fingerprint density at radius 1 is 1.29 bits per heavy atom. The summed E-state index contributed by atoms with van der Waals surface area (Å²) in [4.78, 5) is 6.70. The van der Waals surface area contributed by atoms with Gasteiger partial charge in [0.1, 0.15) is 0 Å². The lowest BCUT2D eigenvalue weighted by Crippen LogP contribution is -2.32. The van der Waals surface area contributed by atoms with E-state index >= 15 is 0 Å². The second kappa shape index (κ2) is 4.30. The molecule has 0 radical (unpaired) electrons. The minimum absolute atomic E-state index is 0.440. The third-order valence-corrected chi connectivity index (χ3v) is 4.42. The Labute approximate surface area is 103 Å². The molecule has 3 atom stereocenters. The summed E-state index contributed by atoms with van der Waals surface area (Å²) in [6.07, 6.45) is 7.60. The summed E-state index contributed by atoms with van der Waals surface area (Å²) in [5.41, 5.74) is 8.73. The molecule has 1 aliphatic heterocycles. The first-order valence-electron chi connectivity index (χ1n) is 6.65. The second-order valence-corrected chi connectivity index (χ2v) is 5.66. The monoisotopic (exact) mass is 231 g/mol. The van der Waals surface area contributed by atoms with Crippen molar-refractivity contribution in [3.63, 3.8) is 0 Å². The van der Waals surface area contributed by atoms with Gasteiger partial charge in [-0.15, -0.1) is 0 Å². The van der Waals surface area contributed by atoms with Crippen LogP contribution in [0.25, 0.3) is 0 Å². The normalized spacial score (nSPS) is 32.6. The van der Waals surface area contributed by atoms with Crippen molar-refractivity contribution in [2.24, 2.45) is 17.6 Å². The van der Waals surface area contributed by atoms with Crippen molar-refractivity contribution >= 4 is 5.69 Å². The largest absolute Gasteiger partial charge is 0.371 e. The highest BCUT2D eigenvalue weighted by atomic mass is 15.2. The second-order valence-electron chi connectivity index (χ2n) is 5.66. The molecule has 1 aliphatic carbocycles. The first-order chi connectivity index (χ1) is 8.24. The van der Waals surface area contributed by atoms with E-state index in [1.54, 1.807) is 0 Å². The molecule has 2 N–H and O–H groups in total. The van der Waals surface area contributed by atoms with Crippen molar-refractivity contribution in [2.45, 2.75) is 32.2 Å². The summed E-state index contributed by atoms with van der Waals surface area (Å²) < 4.78 is 0. The molecule has 92 valence electrons. The molecule has 1 aromatic heterocycles. The molecule has 3 heteroatoms. The number of nitrogens with two attached hydrogens (primary N) is 1. The first-order valence-corrected chi connectivity index (χ1v) is 6.65. The summed E-state index contributed by atoms with van der Waals surface area (Å²) in [5.74, 6) is 1.67. The fourth-order valence-electron chi connectivity index (χ4n) is 3.49. The van der Waals surface area contributed by atoms with E-state index in [0.29, 0.717) is 6.04 Å². The van der Waals surface area contributed by atoms with Gasteiger partial charge in [-0.3, -0.25) is 4.98 Å². The van der Waals surface area contributed by atoms with E-state index in [1.165, 1.54) is 43.6 Å². The van der Waals surface area contributed by atoms with Crippen LogP contribution in [-0.4, -0.2) is 24.1 Å². The zero-order valence-electron chi connectivity index (χ0n) is 10.5. The molecule has 0 bridgehead atoms. The topological polar surface area (TPSA) is 42.2 Å². The minimum Gasteiger partial charge on any atom is -0.371 e. The lowest BCUT2D eigenvalue weighted by Gasteiger charge is -2.27. The number of anilines is 1. The average Bonchev–Trinajstić information content (AvgIpc) is 2.72. The number of nitrogens with zero attached hydrogens (tertiary/aromatic N) is 2. The molecular formula is C14H21N3. The summed E-state index contributed by atoms with van der Waals surface area (Å²) in [5, 5.41) is 0. The van der Waals surface area contributed by atoms with E-state index in [1.807, 2.05) is 12.4 Å². The van der Waals surface area contributed by atoms with Crippen LogP contribution in [0.4, 0.5) is 5.69 Å². The molecule has 0 spiro atoms. The molecule has 0 aromatic carbocycles. The van der Waals surface area contributed by atoms with Gasteiger partial charge in [0.05, 0.1) is 0 Å². The molecule has 17 heavy (non-hydrogen) atoms. The van der Waals surface area contributed by atoms with Gasteiger partial charge < -0.3 is 10.6 Å². The van der Waals surface area contributed by atoms with Crippen molar-refractivity contribution in [3.8, 4) is 0 Å². The molecular weight excluding hydrogens is 210 g/mol. The van der Waals surface area contributed by atoms with Crippen LogP contribution in [0.15, 0.2) is 18.5 Å². The average molecular weight is 231 g/mol. The smallest absolute Gasteiger partial charge is 0.0427 e. The van der Waals surface area contributed by atoms with Crippen LogP contribution in [-0.2, 0) is 0 Å². The van der Waals surface area contributed by atoms with Gasteiger partial charge in [-0.1, -0.05) is 0 Å². The fraction of sp³-hybridized carbons (Fsp3) is 0.643. The molecule has 2 fully saturated rings. The minimum atomic E-state index is 0.440. The molecule has 1 saturated heterocycles. The molecule has 1 unspecified atom stereocenters. The summed E-state index contributed by atoms with van der Waals surface area (Å²) in [6, 6.07) is 2.59.